The van der Waals surface area contributed by atoms with E-state index in [1.54, 1.807) is 39.8 Å². The topological polar surface area (TPSA) is 146 Å². The smallest absolute Gasteiger partial charge is 0.331 e. The minimum Gasteiger partial charge on any atom is -0.472 e. The summed E-state index contributed by atoms with van der Waals surface area (Å²) < 4.78 is 21.7. The maximum absolute atomic E-state index is 14.0. The number of ether oxygens (including phenoxy) is 3. The summed E-state index contributed by atoms with van der Waals surface area (Å²) in [4.78, 5) is 66.4. The lowest BCUT2D eigenvalue weighted by Crippen LogP contribution is -2.63. The molecule has 10 nitrogen and oxygen atoms in total. The van der Waals surface area contributed by atoms with E-state index in [0.717, 1.165) is 6.08 Å². The Morgan fingerprint density at radius 1 is 1.19 bits per heavy atom. The lowest BCUT2D eigenvalue weighted by atomic mass is 9.56. The van der Waals surface area contributed by atoms with E-state index in [-0.39, 0.29) is 30.4 Å². The van der Waals surface area contributed by atoms with Crippen molar-refractivity contribution in [2.75, 3.05) is 7.11 Å². The maximum Gasteiger partial charge on any atom is 0.331 e. The second-order valence-electron chi connectivity index (χ2n) is 12.6. The lowest BCUT2D eigenvalue weighted by Gasteiger charge is -2.52. The van der Waals surface area contributed by atoms with Crippen LogP contribution in [0.4, 0.5) is 0 Å². The first kappa shape index (κ1) is 31.4. The van der Waals surface area contributed by atoms with Gasteiger partial charge in [0.15, 0.2) is 23.3 Å². The molecule has 0 spiro atoms. The van der Waals surface area contributed by atoms with E-state index >= 15 is 0 Å². The van der Waals surface area contributed by atoms with Gasteiger partial charge in [-0.3, -0.25) is 19.2 Å². The molecule has 0 aromatic carbocycles. The average Bonchev–Trinajstić information content (AvgIpc) is 3.49. The third kappa shape index (κ3) is 5.14. The van der Waals surface area contributed by atoms with Gasteiger partial charge in [0, 0.05) is 41.4 Å². The highest BCUT2D eigenvalue weighted by Gasteiger charge is 2.64. The van der Waals surface area contributed by atoms with E-state index < -0.39 is 75.9 Å². The summed E-state index contributed by atoms with van der Waals surface area (Å²) in [5, 5.41) is 12.6. The van der Waals surface area contributed by atoms with Crippen LogP contribution in [0.2, 0.25) is 0 Å². The molecule has 0 amide bonds. The molecule has 2 heterocycles. The number of hydrogen-bond acceptors (Lipinski definition) is 10. The highest BCUT2D eigenvalue weighted by Crippen LogP contribution is 2.58. The summed E-state index contributed by atoms with van der Waals surface area (Å²) in [6.45, 7) is 10.5. The number of carbonyl (C=O) groups excluding carboxylic acids is 5. The number of esters is 3. The van der Waals surface area contributed by atoms with Gasteiger partial charge in [-0.15, -0.1) is 0 Å². The Morgan fingerprint density at radius 2 is 1.88 bits per heavy atom. The van der Waals surface area contributed by atoms with Gasteiger partial charge in [0.2, 0.25) is 0 Å². The fourth-order valence-electron chi connectivity index (χ4n) is 6.73. The van der Waals surface area contributed by atoms with E-state index in [1.165, 1.54) is 19.6 Å². The third-order valence-corrected chi connectivity index (χ3v) is 9.55. The van der Waals surface area contributed by atoms with Gasteiger partial charge in [0.25, 0.3) is 0 Å². The molecule has 3 aliphatic rings. The molecule has 1 N–H and O–H groups in total. The van der Waals surface area contributed by atoms with Crippen molar-refractivity contribution in [3.05, 3.63) is 47.5 Å². The number of hydrogen-bond donors (Lipinski definition) is 1. The van der Waals surface area contributed by atoms with E-state index in [2.05, 4.69) is 0 Å². The molecule has 42 heavy (non-hydrogen) atoms. The Hall–Kier alpha value is -3.53. The van der Waals surface area contributed by atoms with Crippen LogP contribution in [0.3, 0.4) is 0 Å². The van der Waals surface area contributed by atoms with Crippen molar-refractivity contribution < 1.29 is 47.7 Å². The molecule has 4 rings (SSSR count). The number of rotatable bonds is 8. The molecule has 1 saturated carbocycles. The molecule has 2 aliphatic carbocycles. The van der Waals surface area contributed by atoms with Gasteiger partial charge in [-0.2, -0.15) is 0 Å². The number of allylic oxidation sites excluding steroid dienone is 1. The molecular formula is C32H40O10. The number of furan rings is 1. The minimum atomic E-state index is -2.54. The normalized spacial score (nSPS) is 32.1. The van der Waals surface area contributed by atoms with Crippen LogP contribution in [0, 0.1) is 28.6 Å². The Bertz CT molecular complexity index is 1330. The van der Waals surface area contributed by atoms with E-state index in [4.69, 9.17) is 18.6 Å². The summed E-state index contributed by atoms with van der Waals surface area (Å²) in [7, 11) is 1.28. The quantitative estimate of drug-likeness (QED) is 0.348. The molecule has 228 valence electrons. The number of Topliss-reactive ketones (excluding diaryl/α,β-unsaturated/α-hetero) is 2. The summed E-state index contributed by atoms with van der Waals surface area (Å²) in [5.74, 6) is -4.89. The van der Waals surface area contributed by atoms with Crippen molar-refractivity contribution in [3.8, 4) is 0 Å². The number of ketones is 2. The highest BCUT2D eigenvalue weighted by molar-refractivity contribution is 6.04. The van der Waals surface area contributed by atoms with Crippen molar-refractivity contribution in [1.29, 1.82) is 0 Å². The van der Waals surface area contributed by atoms with E-state index in [9.17, 15) is 29.1 Å². The zero-order valence-electron chi connectivity index (χ0n) is 25.2. The van der Waals surface area contributed by atoms with Crippen molar-refractivity contribution >= 4 is 29.5 Å². The third-order valence-electron chi connectivity index (χ3n) is 9.55. The molecule has 1 fully saturated rings. The van der Waals surface area contributed by atoms with Crippen LogP contribution in [0.25, 0.3) is 0 Å². The Kier molecular flexibility index (Phi) is 8.43. The molecule has 0 unspecified atom stereocenters. The summed E-state index contributed by atoms with van der Waals surface area (Å²) >= 11 is 0. The van der Waals surface area contributed by atoms with Crippen molar-refractivity contribution in [2.24, 2.45) is 28.6 Å². The second-order valence-corrected chi connectivity index (χ2v) is 12.6. The van der Waals surface area contributed by atoms with Gasteiger partial charge < -0.3 is 23.7 Å². The van der Waals surface area contributed by atoms with Gasteiger partial charge in [-0.05, 0) is 35.8 Å². The van der Waals surface area contributed by atoms with Gasteiger partial charge in [-0.1, -0.05) is 47.6 Å². The van der Waals surface area contributed by atoms with Crippen LogP contribution in [0.1, 0.15) is 78.9 Å². The molecule has 1 aromatic heterocycles. The van der Waals surface area contributed by atoms with Crippen LogP contribution in [0.5, 0.6) is 0 Å². The van der Waals surface area contributed by atoms with Crippen LogP contribution in [-0.2, 0) is 38.2 Å². The maximum atomic E-state index is 14.0. The standard InChI is InChI=1S/C32H40O10/c1-8-17(2)29(37)42-28(20-15-30(4,5)21(13-24(34)39-7)18(3)26(20)36)32(38)22-14-25(35)41-27(19-10-12-40-16-19)31(22,6)11-9-23(32)33/h10,12,14-18,21,27-28,38H,8-9,11,13H2,1-7H3/t17-,18-,21-,27+,28-,31-,32+/m1/s1. The predicted molar refractivity (Wildman–Crippen MR) is 148 cm³/mol. The zero-order chi connectivity index (χ0) is 31.2. The fraction of sp³-hybridized carbons (Fsp3) is 0.594. The number of fused-ring (bicyclic) bond motifs is 1. The van der Waals surface area contributed by atoms with E-state index in [0.29, 0.717) is 12.0 Å². The molecule has 1 aliphatic heterocycles. The molecule has 0 bridgehead atoms. The highest BCUT2D eigenvalue weighted by atomic mass is 16.6. The Morgan fingerprint density at radius 3 is 2.48 bits per heavy atom. The summed E-state index contributed by atoms with van der Waals surface area (Å²) in [6.07, 6.45) is 3.40. The first-order valence-corrected chi connectivity index (χ1v) is 14.4. The first-order chi connectivity index (χ1) is 19.6. The van der Waals surface area contributed by atoms with Crippen molar-refractivity contribution in [2.45, 2.75) is 85.0 Å². The zero-order valence-corrected chi connectivity index (χ0v) is 25.2. The monoisotopic (exact) mass is 584 g/mol. The van der Waals surface area contributed by atoms with Gasteiger partial charge in [0.1, 0.15) is 6.10 Å². The predicted octanol–water partition coefficient (Wildman–Crippen LogP) is 4.21. The number of carbonyl (C=O) groups is 5. The van der Waals surface area contributed by atoms with Crippen LogP contribution >= 0.6 is 0 Å². The molecule has 7 atom stereocenters. The summed E-state index contributed by atoms with van der Waals surface area (Å²) in [5.41, 5.74) is -3.92. The number of aliphatic hydroxyl groups is 1. The molecule has 1 aromatic rings. The van der Waals surface area contributed by atoms with Crippen LogP contribution in [0.15, 0.2) is 46.3 Å². The number of methoxy groups -OCH3 is 1. The van der Waals surface area contributed by atoms with Gasteiger partial charge in [0.05, 0.1) is 25.6 Å². The van der Waals surface area contributed by atoms with Crippen LogP contribution in [-0.4, -0.2) is 53.4 Å². The summed E-state index contributed by atoms with van der Waals surface area (Å²) in [6, 6.07) is 1.64. The Balaban J connectivity index is 1.92. The fourth-order valence-corrected chi connectivity index (χ4v) is 6.73. The first-order valence-electron chi connectivity index (χ1n) is 14.4. The minimum absolute atomic E-state index is 0.0199. The molecule has 0 saturated heterocycles. The largest absolute Gasteiger partial charge is 0.472 e. The molecular weight excluding hydrogens is 544 g/mol. The Labute approximate surface area is 245 Å². The lowest BCUT2D eigenvalue weighted by molar-refractivity contribution is -0.176. The van der Waals surface area contributed by atoms with Gasteiger partial charge >= 0.3 is 17.9 Å². The number of cyclic esters (lactones) is 1. The molecule has 0 radical (unpaired) electrons. The van der Waals surface area contributed by atoms with Crippen LogP contribution < -0.4 is 0 Å². The van der Waals surface area contributed by atoms with E-state index in [1.807, 2.05) is 13.8 Å². The van der Waals surface area contributed by atoms with Gasteiger partial charge in [-0.25, -0.2) is 4.79 Å². The SMILES string of the molecule is CC[C@@H](C)C(=O)O[C@H](C1=CC(C)(C)[C@H](CC(=O)OC)[C@@H](C)C1=O)[C@@]1(O)C(=O)CC[C@]2(C)C1=CC(=O)O[C@H]2c1ccoc1. The van der Waals surface area contributed by atoms with Crippen molar-refractivity contribution in [3.63, 3.8) is 0 Å². The second kappa shape index (κ2) is 11.3. The average molecular weight is 585 g/mol. The van der Waals surface area contributed by atoms with Crippen molar-refractivity contribution in [1.82, 2.24) is 0 Å². The molecule has 10 heteroatoms.